The minimum absolute atomic E-state index is 0.588. The molecule has 1 rings (SSSR count). The predicted octanol–water partition coefficient (Wildman–Crippen LogP) is 1.76. The largest absolute Gasteiger partial charge is 0.316 e. The highest BCUT2D eigenvalue weighted by Crippen LogP contribution is 2.36. The van der Waals surface area contributed by atoms with Gasteiger partial charge in [0.05, 0.1) is 0 Å². The van der Waals surface area contributed by atoms with Crippen molar-refractivity contribution >= 4 is 0 Å². The van der Waals surface area contributed by atoms with E-state index in [0.717, 1.165) is 6.54 Å². The quantitative estimate of drug-likeness (QED) is 0.680. The van der Waals surface area contributed by atoms with Gasteiger partial charge < -0.3 is 10.6 Å². The molecule has 0 aromatic rings. The van der Waals surface area contributed by atoms with E-state index in [1.807, 2.05) is 7.05 Å². The molecule has 2 N–H and O–H groups in total. The Kier molecular flexibility index (Phi) is 4.20. The lowest BCUT2D eigenvalue weighted by atomic mass is 9.89. The third kappa shape index (κ3) is 3.65. The molecule has 0 amide bonds. The average molecular weight is 184 g/mol. The molecule has 1 aliphatic carbocycles. The van der Waals surface area contributed by atoms with Crippen LogP contribution < -0.4 is 10.6 Å². The van der Waals surface area contributed by atoms with Crippen molar-refractivity contribution in [1.82, 2.24) is 10.6 Å². The fraction of sp³-hybridized carbons (Fsp3) is 1.00. The molecule has 0 aromatic carbocycles. The van der Waals surface area contributed by atoms with Crippen molar-refractivity contribution in [2.24, 2.45) is 5.41 Å². The van der Waals surface area contributed by atoms with Crippen LogP contribution >= 0.6 is 0 Å². The highest BCUT2D eigenvalue weighted by atomic mass is 15.0. The summed E-state index contributed by atoms with van der Waals surface area (Å²) in [7, 11) is 2.02. The van der Waals surface area contributed by atoms with Gasteiger partial charge in [0.2, 0.25) is 0 Å². The summed E-state index contributed by atoms with van der Waals surface area (Å²) in [5, 5.41) is 6.80. The summed E-state index contributed by atoms with van der Waals surface area (Å²) in [4.78, 5) is 0. The zero-order valence-corrected chi connectivity index (χ0v) is 9.32. The summed E-state index contributed by atoms with van der Waals surface area (Å²) in [6.07, 6.45) is 5.68. The van der Waals surface area contributed by atoms with Gasteiger partial charge in [-0.2, -0.15) is 0 Å². The summed E-state index contributed by atoms with van der Waals surface area (Å²) in [6, 6.07) is 0.588. The first-order valence-corrected chi connectivity index (χ1v) is 5.54. The molecule has 1 unspecified atom stereocenters. The molecule has 0 aliphatic heterocycles. The Balaban J connectivity index is 2.11. The Morgan fingerprint density at radius 2 is 1.92 bits per heavy atom. The van der Waals surface area contributed by atoms with Crippen LogP contribution in [0.4, 0.5) is 0 Å². The Morgan fingerprint density at radius 3 is 2.46 bits per heavy atom. The maximum absolute atomic E-state index is 3.56. The maximum Gasteiger partial charge on any atom is 0.0161 e. The zero-order chi connectivity index (χ0) is 9.73. The van der Waals surface area contributed by atoms with Crippen molar-refractivity contribution in [3.8, 4) is 0 Å². The Hall–Kier alpha value is -0.0800. The summed E-state index contributed by atoms with van der Waals surface area (Å²) in [5.74, 6) is 0. The number of rotatable bonds is 5. The van der Waals surface area contributed by atoms with E-state index in [2.05, 4.69) is 24.5 Å². The van der Waals surface area contributed by atoms with Crippen molar-refractivity contribution in [2.45, 2.75) is 45.6 Å². The second-order valence-corrected chi connectivity index (χ2v) is 4.84. The number of nitrogens with one attached hydrogen (secondary N) is 2. The fourth-order valence-electron chi connectivity index (χ4n) is 2.10. The maximum atomic E-state index is 3.56. The van der Waals surface area contributed by atoms with Gasteiger partial charge in [-0.05, 0) is 32.2 Å². The monoisotopic (exact) mass is 184 g/mol. The lowest BCUT2D eigenvalue weighted by molar-refractivity contribution is 0.310. The first-order chi connectivity index (χ1) is 6.16. The van der Waals surface area contributed by atoms with Crippen molar-refractivity contribution in [1.29, 1.82) is 0 Å². The van der Waals surface area contributed by atoms with E-state index in [1.54, 1.807) is 0 Å². The molecule has 78 valence electrons. The molecule has 13 heavy (non-hydrogen) atoms. The van der Waals surface area contributed by atoms with Crippen LogP contribution in [0.2, 0.25) is 0 Å². The van der Waals surface area contributed by atoms with Gasteiger partial charge in [-0.3, -0.25) is 0 Å². The average Bonchev–Trinajstić information content (AvgIpc) is 2.52. The van der Waals surface area contributed by atoms with Crippen molar-refractivity contribution in [3.63, 3.8) is 0 Å². The first-order valence-electron chi connectivity index (χ1n) is 5.54. The Morgan fingerprint density at radius 1 is 1.31 bits per heavy atom. The topological polar surface area (TPSA) is 24.1 Å². The number of hydrogen-bond acceptors (Lipinski definition) is 2. The molecule has 0 saturated heterocycles. The lowest BCUT2D eigenvalue weighted by Crippen LogP contribution is -2.38. The van der Waals surface area contributed by atoms with Gasteiger partial charge in [0, 0.05) is 19.1 Å². The van der Waals surface area contributed by atoms with Crippen LogP contribution in [-0.2, 0) is 0 Å². The molecule has 1 fully saturated rings. The van der Waals surface area contributed by atoms with Gasteiger partial charge >= 0.3 is 0 Å². The molecule has 2 nitrogen and oxygen atoms in total. The van der Waals surface area contributed by atoms with Crippen molar-refractivity contribution < 1.29 is 0 Å². The van der Waals surface area contributed by atoms with Crippen molar-refractivity contribution in [2.75, 3.05) is 20.1 Å². The smallest absolute Gasteiger partial charge is 0.0161 e. The van der Waals surface area contributed by atoms with Crippen LogP contribution in [0.1, 0.15) is 39.5 Å². The molecule has 0 spiro atoms. The normalized spacial score (nSPS) is 23.3. The van der Waals surface area contributed by atoms with Crippen LogP contribution in [0.3, 0.4) is 0 Å². The summed E-state index contributed by atoms with van der Waals surface area (Å²) >= 11 is 0. The van der Waals surface area contributed by atoms with Crippen LogP contribution in [-0.4, -0.2) is 26.2 Å². The molecule has 0 heterocycles. The SMILES string of the molecule is CNC(C)CNCC1(C)CCCC1. The van der Waals surface area contributed by atoms with Crippen LogP contribution in [0, 0.1) is 5.41 Å². The van der Waals surface area contributed by atoms with Gasteiger partial charge in [-0.25, -0.2) is 0 Å². The minimum atomic E-state index is 0.588. The third-order valence-electron chi connectivity index (χ3n) is 3.31. The Bertz CT molecular complexity index is 139. The van der Waals surface area contributed by atoms with E-state index in [0.29, 0.717) is 11.5 Å². The van der Waals surface area contributed by atoms with E-state index in [4.69, 9.17) is 0 Å². The third-order valence-corrected chi connectivity index (χ3v) is 3.31. The lowest BCUT2D eigenvalue weighted by Gasteiger charge is -2.24. The number of likely N-dealkylation sites (N-methyl/N-ethyl adjacent to an activating group) is 1. The van der Waals surface area contributed by atoms with Gasteiger partial charge in [-0.15, -0.1) is 0 Å². The van der Waals surface area contributed by atoms with Gasteiger partial charge in [0.1, 0.15) is 0 Å². The molecule has 1 saturated carbocycles. The summed E-state index contributed by atoms with van der Waals surface area (Å²) in [6.45, 7) is 6.91. The van der Waals surface area contributed by atoms with Crippen LogP contribution in [0.15, 0.2) is 0 Å². The summed E-state index contributed by atoms with van der Waals surface area (Å²) < 4.78 is 0. The van der Waals surface area contributed by atoms with E-state index < -0.39 is 0 Å². The first kappa shape index (κ1) is 11.0. The van der Waals surface area contributed by atoms with Crippen LogP contribution in [0.5, 0.6) is 0 Å². The second-order valence-electron chi connectivity index (χ2n) is 4.84. The Labute approximate surface area is 82.5 Å². The predicted molar refractivity (Wildman–Crippen MR) is 58.0 cm³/mol. The van der Waals surface area contributed by atoms with E-state index in [9.17, 15) is 0 Å². The molecule has 1 atom stereocenters. The van der Waals surface area contributed by atoms with Gasteiger partial charge in [-0.1, -0.05) is 19.8 Å². The second kappa shape index (κ2) is 4.97. The molecule has 1 aliphatic rings. The number of hydrogen-bond donors (Lipinski definition) is 2. The van der Waals surface area contributed by atoms with E-state index in [-0.39, 0.29) is 0 Å². The molecule has 2 heteroatoms. The van der Waals surface area contributed by atoms with Gasteiger partial charge in [0.15, 0.2) is 0 Å². The van der Waals surface area contributed by atoms with Gasteiger partial charge in [0.25, 0.3) is 0 Å². The standard InChI is InChI=1S/C11H24N2/c1-10(12-3)8-13-9-11(2)6-4-5-7-11/h10,12-13H,4-9H2,1-3H3. The molecular weight excluding hydrogens is 160 g/mol. The molecule has 0 bridgehead atoms. The van der Waals surface area contributed by atoms with E-state index >= 15 is 0 Å². The summed E-state index contributed by atoms with van der Waals surface area (Å²) in [5.41, 5.74) is 0.591. The fourth-order valence-corrected chi connectivity index (χ4v) is 2.10. The minimum Gasteiger partial charge on any atom is -0.316 e. The van der Waals surface area contributed by atoms with E-state index in [1.165, 1.54) is 32.2 Å². The molecular formula is C11H24N2. The molecule has 0 aromatic heterocycles. The molecule has 0 radical (unpaired) electrons. The van der Waals surface area contributed by atoms with Crippen molar-refractivity contribution in [3.05, 3.63) is 0 Å². The highest BCUT2D eigenvalue weighted by Gasteiger charge is 2.27. The van der Waals surface area contributed by atoms with Crippen LogP contribution in [0.25, 0.3) is 0 Å². The highest BCUT2D eigenvalue weighted by molar-refractivity contribution is 4.82. The zero-order valence-electron chi connectivity index (χ0n) is 9.32.